The van der Waals surface area contributed by atoms with E-state index >= 15 is 0 Å². The number of hydrogen-bond acceptors (Lipinski definition) is 4. The predicted molar refractivity (Wildman–Crippen MR) is 80.0 cm³/mol. The molecule has 2 atom stereocenters. The van der Waals surface area contributed by atoms with Crippen LogP contribution in [0, 0.1) is 5.92 Å². The van der Waals surface area contributed by atoms with Gasteiger partial charge in [0.2, 0.25) is 15.9 Å². The minimum absolute atomic E-state index is 0.160. The maximum absolute atomic E-state index is 12.5. The maximum Gasteiger partial charge on any atom is 0.243 e. The summed E-state index contributed by atoms with van der Waals surface area (Å²) >= 11 is 0. The van der Waals surface area contributed by atoms with Crippen molar-refractivity contribution in [1.29, 1.82) is 0 Å². The molecule has 6 nitrogen and oxygen atoms in total. The molecule has 1 saturated heterocycles. The lowest BCUT2D eigenvalue weighted by atomic mass is 10.1. The first-order valence-corrected chi connectivity index (χ1v) is 8.37. The molecule has 1 aliphatic rings. The lowest BCUT2D eigenvalue weighted by Gasteiger charge is -2.17. The van der Waals surface area contributed by atoms with Crippen molar-refractivity contribution in [2.45, 2.75) is 24.3 Å². The minimum atomic E-state index is -3.55. The Labute approximate surface area is 125 Å². The number of rotatable bonds is 5. The summed E-state index contributed by atoms with van der Waals surface area (Å²) in [6.07, 6.45) is 0.490. The van der Waals surface area contributed by atoms with E-state index in [0.29, 0.717) is 13.0 Å². The van der Waals surface area contributed by atoms with Crippen molar-refractivity contribution in [2.75, 3.05) is 20.1 Å². The molecule has 1 heterocycles. The molecule has 7 heteroatoms. The fourth-order valence-electron chi connectivity index (χ4n) is 2.42. The average Bonchev–Trinajstić information content (AvgIpc) is 2.97. The molecule has 3 N–H and O–H groups in total. The van der Waals surface area contributed by atoms with Crippen molar-refractivity contribution in [1.82, 2.24) is 9.62 Å². The van der Waals surface area contributed by atoms with E-state index in [2.05, 4.69) is 5.32 Å². The van der Waals surface area contributed by atoms with Crippen molar-refractivity contribution < 1.29 is 13.2 Å². The van der Waals surface area contributed by atoms with Gasteiger partial charge in [0.25, 0.3) is 0 Å². The van der Waals surface area contributed by atoms with Gasteiger partial charge in [-0.15, -0.1) is 0 Å². The van der Waals surface area contributed by atoms with Crippen LogP contribution in [0.3, 0.4) is 0 Å². The van der Waals surface area contributed by atoms with E-state index in [9.17, 15) is 13.2 Å². The summed E-state index contributed by atoms with van der Waals surface area (Å²) in [4.78, 5) is 11.4. The van der Waals surface area contributed by atoms with Gasteiger partial charge in [-0.25, -0.2) is 8.42 Å². The number of primary amides is 1. The highest BCUT2D eigenvalue weighted by atomic mass is 32.2. The molecular weight excluding hydrogens is 290 g/mol. The van der Waals surface area contributed by atoms with Gasteiger partial charge >= 0.3 is 0 Å². The molecule has 1 amide bonds. The number of nitrogens with one attached hydrogen (secondary N) is 1. The molecule has 0 bridgehead atoms. The first-order valence-electron chi connectivity index (χ1n) is 6.93. The largest absolute Gasteiger partial charge is 0.369 e. The summed E-state index contributed by atoms with van der Waals surface area (Å²) in [5.41, 5.74) is 6.26. The molecule has 116 valence electrons. The summed E-state index contributed by atoms with van der Waals surface area (Å²) in [6.45, 7) is 2.51. The summed E-state index contributed by atoms with van der Waals surface area (Å²) in [5, 5.41) is 3.10. The van der Waals surface area contributed by atoms with Crippen LogP contribution in [0.4, 0.5) is 0 Å². The summed E-state index contributed by atoms with van der Waals surface area (Å²) in [7, 11) is -1.70. The van der Waals surface area contributed by atoms with E-state index < -0.39 is 15.9 Å². The predicted octanol–water partition coefficient (Wildman–Crippen LogP) is 0.463. The van der Waals surface area contributed by atoms with Crippen molar-refractivity contribution in [3.63, 3.8) is 0 Å². The Balaban J connectivity index is 2.19. The van der Waals surface area contributed by atoms with Crippen LogP contribution >= 0.6 is 0 Å². The van der Waals surface area contributed by atoms with E-state index in [1.54, 1.807) is 24.3 Å². The quantitative estimate of drug-likeness (QED) is 0.826. The number of nitrogens with two attached hydrogens (primary N) is 1. The van der Waals surface area contributed by atoms with Gasteiger partial charge in [0.05, 0.1) is 10.8 Å². The van der Waals surface area contributed by atoms with Crippen molar-refractivity contribution in [3.8, 4) is 0 Å². The molecule has 21 heavy (non-hydrogen) atoms. The maximum atomic E-state index is 12.5. The molecule has 0 saturated carbocycles. The van der Waals surface area contributed by atoms with E-state index in [0.717, 1.165) is 5.56 Å². The van der Waals surface area contributed by atoms with Gasteiger partial charge in [-0.05, 0) is 38.1 Å². The molecule has 0 aromatic heterocycles. The van der Waals surface area contributed by atoms with Gasteiger partial charge in [-0.3, -0.25) is 4.79 Å². The highest BCUT2D eigenvalue weighted by Crippen LogP contribution is 2.25. The Hall–Kier alpha value is -1.44. The molecular formula is C14H21N3O3S. The van der Waals surface area contributed by atoms with Gasteiger partial charge in [-0.2, -0.15) is 4.31 Å². The zero-order valence-electron chi connectivity index (χ0n) is 12.2. The summed E-state index contributed by atoms with van der Waals surface area (Å²) in [5.74, 6) is -0.825. The molecule has 1 aromatic carbocycles. The minimum Gasteiger partial charge on any atom is -0.369 e. The molecule has 1 aliphatic heterocycles. The second-order valence-corrected chi connectivity index (χ2v) is 7.27. The highest BCUT2D eigenvalue weighted by Gasteiger charge is 2.34. The Morgan fingerprint density at radius 2 is 2.00 bits per heavy atom. The zero-order chi connectivity index (χ0) is 15.6. The van der Waals surface area contributed by atoms with Crippen LogP contribution in [0.15, 0.2) is 29.2 Å². The normalized spacial score (nSPS) is 21.3. The van der Waals surface area contributed by atoms with E-state index in [4.69, 9.17) is 5.73 Å². The van der Waals surface area contributed by atoms with Gasteiger partial charge in [0.15, 0.2) is 0 Å². The SMILES string of the molecule is CNC(C)c1ccc(S(=O)(=O)N2CCC(C(N)=O)C2)cc1. The number of carbonyl (C=O) groups excluding carboxylic acids is 1. The Bertz CT molecular complexity index is 613. The molecule has 1 fully saturated rings. The standard InChI is InChI=1S/C14H21N3O3S/c1-10(16-2)11-3-5-13(6-4-11)21(19,20)17-8-7-12(9-17)14(15)18/h3-6,10,12,16H,7-9H2,1-2H3,(H2,15,18). The molecule has 0 aliphatic carbocycles. The number of benzene rings is 1. The van der Waals surface area contributed by atoms with E-state index in [1.165, 1.54) is 4.31 Å². The van der Waals surface area contributed by atoms with E-state index in [1.807, 2.05) is 14.0 Å². The van der Waals surface area contributed by atoms with Gasteiger partial charge in [-0.1, -0.05) is 12.1 Å². The number of carbonyl (C=O) groups is 1. The highest BCUT2D eigenvalue weighted by molar-refractivity contribution is 7.89. The second-order valence-electron chi connectivity index (χ2n) is 5.33. The zero-order valence-corrected chi connectivity index (χ0v) is 13.1. The monoisotopic (exact) mass is 311 g/mol. The van der Waals surface area contributed by atoms with Crippen LogP contribution in [0.1, 0.15) is 24.9 Å². The average molecular weight is 311 g/mol. The summed E-state index contributed by atoms with van der Waals surface area (Å²) in [6, 6.07) is 6.98. The van der Waals surface area contributed by atoms with Crippen LogP contribution in [0.2, 0.25) is 0 Å². The molecule has 2 rings (SSSR count). The van der Waals surface area contributed by atoms with E-state index in [-0.39, 0.29) is 23.4 Å². The smallest absolute Gasteiger partial charge is 0.243 e. The number of sulfonamides is 1. The number of amides is 1. The van der Waals surface area contributed by atoms with Crippen molar-refractivity contribution >= 4 is 15.9 Å². The third-order valence-electron chi connectivity index (χ3n) is 4.00. The number of hydrogen-bond donors (Lipinski definition) is 2. The lowest BCUT2D eigenvalue weighted by molar-refractivity contribution is -0.121. The Morgan fingerprint density at radius 1 is 1.38 bits per heavy atom. The Kier molecular flexibility index (Phi) is 4.65. The van der Waals surface area contributed by atoms with Crippen LogP contribution in [-0.4, -0.2) is 38.8 Å². The fraction of sp³-hybridized carbons (Fsp3) is 0.500. The van der Waals surface area contributed by atoms with Gasteiger partial charge in [0, 0.05) is 19.1 Å². The fourth-order valence-corrected chi connectivity index (χ4v) is 3.92. The van der Waals surface area contributed by atoms with Crippen molar-refractivity contribution in [2.24, 2.45) is 11.7 Å². The summed E-state index contributed by atoms with van der Waals surface area (Å²) < 4.78 is 26.4. The van der Waals surface area contributed by atoms with Crippen LogP contribution in [0.25, 0.3) is 0 Å². The first-order chi connectivity index (χ1) is 9.86. The topological polar surface area (TPSA) is 92.5 Å². The molecule has 2 unspecified atom stereocenters. The molecule has 0 spiro atoms. The third kappa shape index (κ3) is 3.25. The lowest BCUT2D eigenvalue weighted by Crippen LogP contribution is -2.31. The van der Waals surface area contributed by atoms with Crippen LogP contribution < -0.4 is 11.1 Å². The Morgan fingerprint density at radius 3 is 2.48 bits per heavy atom. The van der Waals surface area contributed by atoms with Crippen molar-refractivity contribution in [3.05, 3.63) is 29.8 Å². The van der Waals surface area contributed by atoms with Crippen LogP contribution in [-0.2, 0) is 14.8 Å². The molecule has 1 aromatic rings. The third-order valence-corrected chi connectivity index (χ3v) is 5.88. The first kappa shape index (κ1) is 15.9. The van der Waals surface area contributed by atoms with Gasteiger partial charge in [0.1, 0.15) is 0 Å². The second kappa shape index (κ2) is 6.13. The number of nitrogens with zero attached hydrogens (tertiary/aromatic N) is 1. The van der Waals surface area contributed by atoms with Gasteiger partial charge < -0.3 is 11.1 Å². The van der Waals surface area contributed by atoms with Crippen LogP contribution in [0.5, 0.6) is 0 Å². The molecule has 0 radical (unpaired) electrons.